The molecule has 1 aromatic carbocycles. The van der Waals surface area contributed by atoms with Crippen molar-refractivity contribution in [3.63, 3.8) is 0 Å². The zero-order valence-electron chi connectivity index (χ0n) is 11.2. The number of hydrogen-bond donors (Lipinski definition) is 1. The maximum absolute atomic E-state index is 13.2. The summed E-state index contributed by atoms with van der Waals surface area (Å²) >= 11 is 0. The Morgan fingerprint density at radius 1 is 1.50 bits per heavy atom. The van der Waals surface area contributed by atoms with Gasteiger partial charge >= 0.3 is 0 Å². The first-order valence-corrected chi connectivity index (χ1v) is 7.89. The van der Waals surface area contributed by atoms with Crippen molar-refractivity contribution < 1.29 is 18.0 Å². The van der Waals surface area contributed by atoms with Crippen LogP contribution in [-0.4, -0.2) is 36.7 Å². The van der Waals surface area contributed by atoms with Gasteiger partial charge in [0.15, 0.2) is 0 Å². The number of nitrogens with zero attached hydrogens (tertiary/aromatic N) is 2. The van der Waals surface area contributed by atoms with Gasteiger partial charge in [0.1, 0.15) is 5.82 Å². The van der Waals surface area contributed by atoms with Crippen LogP contribution in [0.25, 0.3) is 0 Å². The van der Waals surface area contributed by atoms with Crippen LogP contribution in [0.4, 0.5) is 4.39 Å². The summed E-state index contributed by atoms with van der Waals surface area (Å²) < 4.78 is 39.4. The summed E-state index contributed by atoms with van der Waals surface area (Å²) in [6, 6.07) is 4.99. The second-order valence-corrected chi connectivity index (χ2v) is 6.70. The fraction of sp³-hybridized carbons (Fsp3) is 0.462. The Morgan fingerprint density at radius 3 is 2.85 bits per heavy atom. The van der Waals surface area contributed by atoms with E-state index in [1.807, 2.05) is 6.92 Å². The molecule has 1 heterocycles. The lowest BCUT2D eigenvalue weighted by Gasteiger charge is -2.31. The van der Waals surface area contributed by atoms with Crippen LogP contribution in [0.15, 0.2) is 34.3 Å². The summed E-state index contributed by atoms with van der Waals surface area (Å²) in [6.45, 7) is 2.41. The second kappa shape index (κ2) is 5.88. The number of halogens is 1. The number of piperidine rings is 1. The lowest BCUT2D eigenvalue weighted by atomic mass is 9.95. The van der Waals surface area contributed by atoms with Crippen LogP contribution in [0.5, 0.6) is 0 Å². The van der Waals surface area contributed by atoms with Crippen molar-refractivity contribution >= 4 is 15.7 Å². The molecule has 20 heavy (non-hydrogen) atoms. The van der Waals surface area contributed by atoms with E-state index < -0.39 is 15.8 Å². The van der Waals surface area contributed by atoms with E-state index in [9.17, 15) is 12.8 Å². The van der Waals surface area contributed by atoms with Crippen LogP contribution in [0.1, 0.15) is 19.8 Å². The van der Waals surface area contributed by atoms with Crippen molar-refractivity contribution in [2.24, 2.45) is 11.1 Å². The molecular formula is C13H17FN2O3S. The highest BCUT2D eigenvalue weighted by Crippen LogP contribution is 2.24. The molecule has 0 spiro atoms. The molecule has 1 N–H and O–H groups in total. The van der Waals surface area contributed by atoms with Crippen molar-refractivity contribution in [3.8, 4) is 0 Å². The fourth-order valence-electron chi connectivity index (χ4n) is 2.38. The normalized spacial score (nSPS) is 23.1. The summed E-state index contributed by atoms with van der Waals surface area (Å²) in [6.07, 6.45) is 1.08. The van der Waals surface area contributed by atoms with E-state index in [2.05, 4.69) is 5.16 Å². The van der Waals surface area contributed by atoms with Gasteiger partial charge in [0, 0.05) is 25.4 Å². The molecule has 5 nitrogen and oxygen atoms in total. The van der Waals surface area contributed by atoms with Crippen LogP contribution in [-0.2, 0) is 10.0 Å². The average Bonchev–Trinajstić information content (AvgIpc) is 2.46. The van der Waals surface area contributed by atoms with Gasteiger partial charge < -0.3 is 5.21 Å². The maximum Gasteiger partial charge on any atom is 0.243 e. The summed E-state index contributed by atoms with van der Waals surface area (Å²) in [7, 11) is -3.70. The lowest BCUT2D eigenvalue weighted by molar-refractivity contribution is 0.295. The van der Waals surface area contributed by atoms with E-state index in [0.717, 1.165) is 6.07 Å². The smallest absolute Gasteiger partial charge is 0.243 e. The highest BCUT2D eigenvalue weighted by molar-refractivity contribution is 7.89. The van der Waals surface area contributed by atoms with Crippen LogP contribution < -0.4 is 0 Å². The molecule has 0 radical (unpaired) electrons. The SMILES string of the molecule is CCC1CN(S(=O)(=O)c2cccc(F)c2)CC/C1=N\O. The predicted molar refractivity (Wildman–Crippen MR) is 72.8 cm³/mol. The van der Waals surface area contributed by atoms with Crippen molar-refractivity contribution in [3.05, 3.63) is 30.1 Å². The second-order valence-electron chi connectivity index (χ2n) is 4.77. The molecule has 2 rings (SSSR count). The third-order valence-electron chi connectivity index (χ3n) is 3.57. The number of sulfonamides is 1. The molecule has 1 aromatic rings. The van der Waals surface area contributed by atoms with Gasteiger partial charge in [0.05, 0.1) is 10.6 Å². The third-order valence-corrected chi connectivity index (χ3v) is 5.43. The van der Waals surface area contributed by atoms with E-state index >= 15 is 0 Å². The monoisotopic (exact) mass is 300 g/mol. The molecule has 0 aromatic heterocycles. The molecule has 1 aliphatic heterocycles. The Kier molecular flexibility index (Phi) is 4.39. The molecule has 1 aliphatic rings. The van der Waals surface area contributed by atoms with Gasteiger partial charge in [0.25, 0.3) is 0 Å². The topological polar surface area (TPSA) is 70.0 Å². The first-order valence-electron chi connectivity index (χ1n) is 6.45. The fourth-order valence-corrected chi connectivity index (χ4v) is 3.90. The molecule has 1 atom stereocenters. The van der Waals surface area contributed by atoms with E-state index in [-0.39, 0.29) is 23.9 Å². The number of oxime groups is 1. The molecule has 0 amide bonds. The Morgan fingerprint density at radius 2 is 2.25 bits per heavy atom. The highest BCUT2D eigenvalue weighted by atomic mass is 32.2. The van der Waals surface area contributed by atoms with Gasteiger partial charge in [-0.2, -0.15) is 4.31 Å². The van der Waals surface area contributed by atoms with E-state index in [1.165, 1.54) is 22.5 Å². The van der Waals surface area contributed by atoms with Gasteiger partial charge in [0.2, 0.25) is 10.0 Å². The van der Waals surface area contributed by atoms with Crippen molar-refractivity contribution in [1.29, 1.82) is 0 Å². The summed E-state index contributed by atoms with van der Waals surface area (Å²) in [5.74, 6) is -0.676. The number of rotatable bonds is 3. The Balaban J connectivity index is 2.27. The standard InChI is InChI=1S/C13H17FN2O3S/c1-2-10-9-16(7-6-13(10)15-17)20(18,19)12-5-3-4-11(14)8-12/h3-5,8,10,17H,2,6-7,9H2,1H3/b15-13+. The third kappa shape index (κ3) is 2.83. The summed E-state index contributed by atoms with van der Waals surface area (Å²) in [5, 5.41) is 12.1. The van der Waals surface area contributed by atoms with Gasteiger partial charge in [-0.1, -0.05) is 18.1 Å². The number of hydrogen-bond acceptors (Lipinski definition) is 4. The number of benzene rings is 1. The zero-order chi connectivity index (χ0) is 14.8. The first kappa shape index (κ1) is 14.9. The van der Waals surface area contributed by atoms with Gasteiger partial charge in [-0.15, -0.1) is 0 Å². The first-order chi connectivity index (χ1) is 9.48. The molecule has 0 bridgehead atoms. The summed E-state index contributed by atoms with van der Waals surface area (Å²) in [5.41, 5.74) is 0.623. The minimum Gasteiger partial charge on any atom is -0.411 e. The Labute approximate surface area is 117 Å². The van der Waals surface area contributed by atoms with Crippen LogP contribution in [0, 0.1) is 11.7 Å². The quantitative estimate of drug-likeness (QED) is 0.686. The van der Waals surface area contributed by atoms with Crippen LogP contribution in [0.2, 0.25) is 0 Å². The van der Waals surface area contributed by atoms with Crippen molar-refractivity contribution in [2.45, 2.75) is 24.7 Å². The molecule has 0 aliphatic carbocycles. The molecular weight excluding hydrogens is 283 g/mol. The van der Waals surface area contributed by atoms with E-state index in [1.54, 1.807) is 0 Å². The van der Waals surface area contributed by atoms with E-state index in [0.29, 0.717) is 18.6 Å². The Bertz CT molecular complexity index is 616. The van der Waals surface area contributed by atoms with Gasteiger partial charge in [-0.25, -0.2) is 12.8 Å². The summed E-state index contributed by atoms with van der Waals surface area (Å²) in [4.78, 5) is -0.0447. The van der Waals surface area contributed by atoms with Crippen molar-refractivity contribution in [2.75, 3.05) is 13.1 Å². The van der Waals surface area contributed by atoms with Gasteiger partial charge in [-0.05, 0) is 24.6 Å². The van der Waals surface area contributed by atoms with Gasteiger partial charge in [-0.3, -0.25) is 0 Å². The highest BCUT2D eigenvalue weighted by Gasteiger charge is 2.33. The van der Waals surface area contributed by atoms with Crippen LogP contribution >= 0.6 is 0 Å². The minimum atomic E-state index is -3.70. The molecule has 110 valence electrons. The Hall–Kier alpha value is -1.47. The average molecular weight is 300 g/mol. The zero-order valence-corrected chi connectivity index (χ0v) is 12.0. The van der Waals surface area contributed by atoms with E-state index in [4.69, 9.17) is 5.21 Å². The molecule has 1 fully saturated rings. The minimum absolute atomic E-state index is 0.0447. The molecule has 1 unspecified atom stereocenters. The maximum atomic E-state index is 13.2. The van der Waals surface area contributed by atoms with Crippen LogP contribution in [0.3, 0.4) is 0 Å². The lowest BCUT2D eigenvalue weighted by Crippen LogP contribution is -2.43. The molecule has 1 saturated heterocycles. The van der Waals surface area contributed by atoms with Crippen molar-refractivity contribution in [1.82, 2.24) is 4.31 Å². The molecule has 0 saturated carbocycles. The molecule has 7 heteroatoms. The largest absolute Gasteiger partial charge is 0.411 e. The predicted octanol–water partition coefficient (Wildman–Crippen LogP) is 2.08.